The Bertz CT molecular complexity index is 867. The normalized spacial score (nSPS) is 13.7. The molecule has 2 nitrogen and oxygen atoms in total. The maximum atomic E-state index is 5.71. The molecule has 4 rings (SSSR count). The number of rotatable bonds is 1. The van der Waals surface area contributed by atoms with E-state index < -0.39 is 0 Å². The first-order valence-corrected chi connectivity index (χ1v) is 8.38. The SMILES string of the molecule is S=C(Nc1cccc2ccccc12)N1CCCc2ccccc21. The van der Waals surface area contributed by atoms with Gasteiger partial charge < -0.3 is 10.2 Å². The molecule has 1 aliphatic rings. The van der Waals surface area contributed by atoms with Gasteiger partial charge in [0.25, 0.3) is 0 Å². The Hall–Kier alpha value is -2.39. The fourth-order valence-corrected chi connectivity index (χ4v) is 3.56. The maximum absolute atomic E-state index is 5.71. The molecule has 0 atom stereocenters. The number of nitrogens with one attached hydrogen (secondary N) is 1. The zero-order valence-electron chi connectivity index (χ0n) is 12.8. The first-order chi connectivity index (χ1) is 11.3. The van der Waals surface area contributed by atoms with E-state index >= 15 is 0 Å². The second kappa shape index (κ2) is 6.01. The van der Waals surface area contributed by atoms with E-state index in [1.54, 1.807) is 0 Å². The standard InChI is InChI=1S/C20H18N2S/c23-20(22-14-6-10-16-8-2-4-13-19(16)22)21-18-12-5-9-15-7-1-3-11-17(15)18/h1-5,7-9,11-13H,6,10,14H2,(H,21,23). The first-order valence-electron chi connectivity index (χ1n) is 7.97. The molecule has 0 aliphatic carbocycles. The van der Waals surface area contributed by atoms with Gasteiger partial charge >= 0.3 is 0 Å². The summed E-state index contributed by atoms with van der Waals surface area (Å²) in [6.45, 7) is 0.966. The van der Waals surface area contributed by atoms with Gasteiger partial charge in [-0.2, -0.15) is 0 Å². The van der Waals surface area contributed by atoms with Crippen LogP contribution in [0.4, 0.5) is 11.4 Å². The Morgan fingerprint density at radius 2 is 1.70 bits per heavy atom. The topological polar surface area (TPSA) is 15.3 Å². The highest BCUT2D eigenvalue weighted by Crippen LogP contribution is 2.29. The first kappa shape index (κ1) is 14.2. The van der Waals surface area contributed by atoms with Crippen molar-refractivity contribution in [3.05, 3.63) is 72.3 Å². The van der Waals surface area contributed by atoms with Gasteiger partial charge in [0, 0.05) is 23.3 Å². The molecule has 0 unspecified atom stereocenters. The van der Waals surface area contributed by atoms with Crippen molar-refractivity contribution in [2.75, 3.05) is 16.8 Å². The van der Waals surface area contributed by atoms with Gasteiger partial charge in [-0.25, -0.2) is 0 Å². The predicted octanol–water partition coefficient (Wildman–Crippen LogP) is 4.99. The lowest BCUT2D eigenvalue weighted by atomic mass is 10.0. The van der Waals surface area contributed by atoms with Crippen LogP contribution in [0.3, 0.4) is 0 Å². The highest BCUT2D eigenvalue weighted by atomic mass is 32.1. The number of nitrogens with zero attached hydrogens (tertiary/aromatic N) is 1. The molecule has 0 amide bonds. The summed E-state index contributed by atoms with van der Waals surface area (Å²) in [5.41, 5.74) is 3.67. The van der Waals surface area contributed by atoms with E-state index in [4.69, 9.17) is 12.2 Å². The molecule has 23 heavy (non-hydrogen) atoms. The number of hydrogen-bond donors (Lipinski definition) is 1. The number of benzene rings is 3. The Labute approximate surface area is 141 Å². The van der Waals surface area contributed by atoms with Gasteiger partial charge in [-0.05, 0) is 48.1 Å². The Morgan fingerprint density at radius 1 is 0.913 bits per heavy atom. The zero-order valence-corrected chi connectivity index (χ0v) is 13.6. The van der Waals surface area contributed by atoms with Crippen LogP contribution in [-0.4, -0.2) is 11.7 Å². The average molecular weight is 318 g/mol. The highest BCUT2D eigenvalue weighted by molar-refractivity contribution is 7.80. The van der Waals surface area contributed by atoms with Gasteiger partial charge in [0.1, 0.15) is 0 Å². The van der Waals surface area contributed by atoms with Crippen LogP contribution in [-0.2, 0) is 6.42 Å². The molecule has 0 fully saturated rings. The number of thiocarbonyl (C=S) groups is 1. The van der Waals surface area contributed by atoms with Crippen LogP contribution in [0.2, 0.25) is 0 Å². The Balaban J connectivity index is 1.66. The van der Waals surface area contributed by atoms with Gasteiger partial charge in [-0.1, -0.05) is 54.6 Å². The molecule has 1 N–H and O–H groups in total. The van der Waals surface area contributed by atoms with Crippen molar-refractivity contribution in [2.45, 2.75) is 12.8 Å². The lowest BCUT2D eigenvalue weighted by Crippen LogP contribution is -2.38. The predicted molar refractivity (Wildman–Crippen MR) is 102 cm³/mol. The van der Waals surface area contributed by atoms with Crippen LogP contribution in [0, 0.1) is 0 Å². The summed E-state index contributed by atoms with van der Waals surface area (Å²) < 4.78 is 0. The number of fused-ring (bicyclic) bond motifs is 2. The van der Waals surface area contributed by atoms with Gasteiger partial charge in [0.2, 0.25) is 0 Å². The molecule has 3 heteroatoms. The van der Waals surface area contributed by atoms with Gasteiger partial charge in [0.05, 0.1) is 0 Å². The molecular weight excluding hydrogens is 300 g/mol. The molecule has 0 spiro atoms. The smallest absolute Gasteiger partial charge is 0.177 e. The van der Waals surface area contributed by atoms with Gasteiger partial charge in [-0.15, -0.1) is 0 Å². The molecule has 0 saturated heterocycles. The van der Waals surface area contributed by atoms with E-state index in [0.717, 1.165) is 30.2 Å². The quantitative estimate of drug-likeness (QED) is 0.636. The Kier molecular flexibility index (Phi) is 3.72. The lowest BCUT2D eigenvalue weighted by Gasteiger charge is -2.31. The molecule has 0 saturated carbocycles. The molecule has 0 radical (unpaired) electrons. The highest BCUT2D eigenvalue weighted by Gasteiger charge is 2.19. The van der Waals surface area contributed by atoms with Crippen LogP contribution in [0.15, 0.2) is 66.7 Å². The van der Waals surface area contributed by atoms with Crippen molar-refractivity contribution in [3.63, 3.8) is 0 Å². The molecule has 1 aliphatic heterocycles. The number of para-hydroxylation sites is 1. The zero-order chi connectivity index (χ0) is 15.6. The summed E-state index contributed by atoms with van der Waals surface area (Å²) in [5, 5.41) is 6.64. The lowest BCUT2D eigenvalue weighted by molar-refractivity contribution is 0.781. The molecule has 3 aromatic rings. The summed E-state index contributed by atoms with van der Waals surface area (Å²) in [7, 11) is 0. The summed E-state index contributed by atoms with van der Waals surface area (Å²) in [6, 6.07) is 23.2. The van der Waals surface area contributed by atoms with Crippen molar-refractivity contribution in [1.29, 1.82) is 0 Å². The molecule has 1 heterocycles. The van der Waals surface area contributed by atoms with Crippen LogP contribution in [0.5, 0.6) is 0 Å². The minimum Gasteiger partial charge on any atom is -0.332 e. The van der Waals surface area contributed by atoms with E-state index in [1.807, 2.05) is 0 Å². The van der Waals surface area contributed by atoms with E-state index in [2.05, 4.69) is 76.9 Å². The number of anilines is 2. The van der Waals surface area contributed by atoms with Crippen LogP contribution in [0.25, 0.3) is 10.8 Å². The number of hydrogen-bond acceptors (Lipinski definition) is 1. The largest absolute Gasteiger partial charge is 0.332 e. The molecule has 0 aromatic heterocycles. The van der Waals surface area contributed by atoms with E-state index in [1.165, 1.54) is 22.0 Å². The van der Waals surface area contributed by atoms with Gasteiger partial charge in [0.15, 0.2) is 5.11 Å². The molecular formula is C20H18N2S. The summed E-state index contributed by atoms with van der Waals surface area (Å²) >= 11 is 5.71. The third kappa shape index (κ3) is 2.68. The maximum Gasteiger partial charge on any atom is 0.177 e. The van der Waals surface area contributed by atoms with E-state index in [-0.39, 0.29) is 0 Å². The van der Waals surface area contributed by atoms with Gasteiger partial charge in [-0.3, -0.25) is 0 Å². The van der Waals surface area contributed by atoms with Crippen molar-refractivity contribution < 1.29 is 0 Å². The third-order valence-corrected chi connectivity index (χ3v) is 4.71. The fourth-order valence-electron chi connectivity index (χ4n) is 3.26. The van der Waals surface area contributed by atoms with Crippen molar-refractivity contribution in [1.82, 2.24) is 0 Å². The third-order valence-electron chi connectivity index (χ3n) is 4.39. The monoisotopic (exact) mass is 318 g/mol. The van der Waals surface area contributed by atoms with E-state index in [9.17, 15) is 0 Å². The summed E-state index contributed by atoms with van der Waals surface area (Å²) in [4.78, 5) is 2.22. The second-order valence-corrected chi connectivity index (χ2v) is 6.23. The Morgan fingerprint density at radius 3 is 2.65 bits per heavy atom. The second-order valence-electron chi connectivity index (χ2n) is 5.84. The van der Waals surface area contributed by atoms with Crippen LogP contribution >= 0.6 is 12.2 Å². The molecule has 114 valence electrons. The average Bonchev–Trinajstić information content (AvgIpc) is 2.61. The van der Waals surface area contributed by atoms with Crippen LogP contribution in [0.1, 0.15) is 12.0 Å². The minimum absolute atomic E-state index is 0.772. The summed E-state index contributed by atoms with van der Waals surface area (Å²) in [6.07, 6.45) is 2.26. The van der Waals surface area contributed by atoms with E-state index in [0.29, 0.717) is 0 Å². The summed E-state index contributed by atoms with van der Waals surface area (Å²) in [5.74, 6) is 0. The van der Waals surface area contributed by atoms with Crippen LogP contribution < -0.4 is 10.2 Å². The fraction of sp³-hybridized carbons (Fsp3) is 0.150. The van der Waals surface area contributed by atoms with Crippen molar-refractivity contribution >= 4 is 39.5 Å². The molecule has 0 bridgehead atoms. The minimum atomic E-state index is 0.772. The molecule has 3 aromatic carbocycles. The van der Waals surface area contributed by atoms with Crippen molar-refractivity contribution in [2.24, 2.45) is 0 Å². The van der Waals surface area contributed by atoms with Crippen molar-refractivity contribution in [3.8, 4) is 0 Å². The number of aryl methyl sites for hydroxylation is 1.